The number of para-hydroxylation sites is 1. The minimum absolute atomic E-state index is 0.0497. The van der Waals surface area contributed by atoms with Crippen molar-refractivity contribution < 1.29 is 4.74 Å². The summed E-state index contributed by atoms with van der Waals surface area (Å²) in [5.74, 6) is 0.896. The molecule has 0 radical (unpaired) electrons. The molecule has 1 heterocycles. The zero-order valence-corrected chi connectivity index (χ0v) is 10.7. The van der Waals surface area contributed by atoms with E-state index < -0.39 is 0 Å². The van der Waals surface area contributed by atoms with Crippen LogP contribution in [0.3, 0.4) is 0 Å². The monoisotopic (exact) mass is 247 g/mol. The molecule has 0 spiro atoms. The molecule has 3 heteroatoms. The highest BCUT2D eigenvalue weighted by Gasteiger charge is 2.09. The Morgan fingerprint density at radius 2 is 2.12 bits per heavy atom. The van der Waals surface area contributed by atoms with Crippen molar-refractivity contribution in [2.75, 3.05) is 0 Å². The zero-order valence-electron chi connectivity index (χ0n) is 9.93. The molecule has 2 nitrogen and oxygen atoms in total. The molecule has 0 unspecified atom stereocenters. The smallest absolute Gasteiger partial charge is 0.124 e. The molecular weight excluding hydrogens is 230 g/mol. The molecule has 1 atom stereocenters. The second-order valence-electron chi connectivity index (χ2n) is 3.97. The maximum absolute atomic E-state index is 6.07. The van der Waals surface area contributed by atoms with Gasteiger partial charge in [0.2, 0.25) is 0 Å². The van der Waals surface area contributed by atoms with Crippen molar-refractivity contribution in [3.8, 4) is 5.75 Å². The molecule has 0 aliphatic carbocycles. The normalized spacial score (nSPS) is 12.4. The number of hydrogen-bond acceptors (Lipinski definition) is 3. The number of nitrogens with two attached hydrogens (primary N) is 1. The molecular formula is C14H17NOS. The van der Waals surface area contributed by atoms with Crippen LogP contribution in [0.25, 0.3) is 0 Å². The van der Waals surface area contributed by atoms with Crippen LogP contribution in [0.15, 0.2) is 41.1 Å². The summed E-state index contributed by atoms with van der Waals surface area (Å²) < 4.78 is 5.83. The molecule has 0 saturated heterocycles. The summed E-state index contributed by atoms with van der Waals surface area (Å²) in [6.45, 7) is 2.69. The van der Waals surface area contributed by atoms with Gasteiger partial charge in [0.15, 0.2) is 0 Å². The average molecular weight is 247 g/mol. The van der Waals surface area contributed by atoms with Crippen LogP contribution < -0.4 is 10.5 Å². The van der Waals surface area contributed by atoms with Gasteiger partial charge in [0.1, 0.15) is 12.4 Å². The third-order valence-corrected chi connectivity index (χ3v) is 3.46. The second-order valence-corrected chi connectivity index (χ2v) is 4.75. The molecule has 1 aromatic carbocycles. The summed E-state index contributed by atoms with van der Waals surface area (Å²) in [6.07, 6.45) is 0.916. The summed E-state index contributed by atoms with van der Waals surface area (Å²) in [7, 11) is 0. The first-order valence-electron chi connectivity index (χ1n) is 5.79. The lowest BCUT2D eigenvalue weighted by Crippen LogP contribution is -2.10. The molecule has 0 fully saturated rings. The third kappa shape index (κ3) is 3.08. The summed E-state index contributed by atoms with van der Waals surface area (Å²) in [4.78, 5) is 0. The molecule has 1 aromatic heterocycles. The molecule has 0 saturated carbocycles. The standard InChI is InChI=1S/C14H17NOS/c1-2-13(15)12-5-3-4-6-14(12)16-9-11-7-8-17-10-11/h3-8,10,13H,2,9,15H2,1H3/t13-/m1/s1. The van der Waals surface area contributed by atoms with Crippen molar-refractivity contribution in [3.05, 3.63) is 52.2 Å². The lowest BCUT2D eigenvalue weighted by molar-refractivity contribution is 0.301. The summed E-state index contributed by atoms with van der Waals surface area (Å²) in [6, 6.07) is 10.1. The van der Waals surface area contributed by atoms with E-state index in [0.29, 0.717) is 6.61 Å². The fourth-order valence-electron chi connectivity index (χ4n) is 1.67. The van der Waals surface area contributed by atoms with E-state index >= 15 is 0 Å². The fraction of sp³-hybridized carbons (Fsp3) is 0.286. The van der Waals surface area contributed by atoms with E-state index in [1.165, 1.54) is 5.56 Å². The number of hydrogen-bond donors (Lipinski definition) is 1. The second kappa shape index (κ2) is 5.84. The summed E-state index contributed by atoms with van der Waals surface area (Å²) in [5, 5.41) is 4.16. The van der Waals surface area contributed by atoms with E-state index in [9.17, 15) is 0 Å². The van der Waals surface area contributed by atoms with Gasteiger partial charge in [-0.1, -0.05) is 25.1 Å². The van der Waals surface area contributed by atoms with Gasteiger partial charge in [-0.05, 0) is 34.9 Å². The highest BCUT2D eigenvalue weighted by atomic mass is 32.1. The van der Waals surface area contributed by atoms with Gasteiger partial charge < -0.3 is 10.5 Å². The van der Waals surface area contributed by atoms with Gasteiger partial charge in [-0.15, -0.1) is 0 Å². The van der Waals surface area contributed by atoms with E-state index in [1.807, 2.05) is 24.3 Å². The van der Waals surface area contributed by atoms with Crippen molar-refractivity contribution in [3.63, 3.8) is 0 Å². The van der Waals surface area contributed by atoms with Crippen molar-refractivity contribution in [2.45, 2.75) is 26.0 Å². The van der Waals surface area contributed by atoms with E-state index in [4.69, 9.17) is 10.5 Å². The molecule has 0 amide bonds. The maximum Gasteiger partial charge on any atom is 0.124 e. The average Bonchev–Trinajstić information content (AvgIpc) is 2.89. The quantitative estimate of drug-likeness (QED) is 0.873. The molecule has 0 bridgehead atoms. The minimum Gasteiger partial charge on any atom is -0.489 e. The third-order valence-electron chi connectivity index (χ3n) is 2.73. The minimum atomic E-state index is 0.0497. The Morgan fingerprint density at radius 3 is 2.82 bits per heavy atom. The fourth-order valence-corrected chi connectivity index (χ4v) is 2.33. The van der Waals surface area contributed by atoms with Gasteiger partial charge in [-0.25, -0.2) is 0 Å². The van der Waals surface area contributed by atoms with Gasteiger partial charge in [0.25, 0.3) is 0 Å². The van der Waals surface area contributed by atoms with E-state index in [1.54, 1.807) is 11.3 Å². The first-order valence-corrected chi connectivity index (χ1v) is 6.74. The van der Waals surface area contributed by atoms with Gasteiger partial charge in [0, 0.05) is 11.6 Å². The Bertz CT molecular complexity index is 453. The Labute approximate surface area is 106 Å². The van der Waals surface area contributed by atoms with Crippen LogP contribution in [0.1, 0.15) is 30.5 Å². The predicted molar refractivity (Wildman–Crippen MR) is 72.3 cm³/mol. The molecule has 2 rings (SSSR count). The largest absolute Gasteiger partial charge is 0.489 e. The van der Waals surface area contributed by atoms with E-state index in [-0.39, 0.29) is 6.04 Å². The van der Waals surface area contributed by atoms with Gasteiger partial charge in [-0.3, -0.25) is 0 Å². The Kier molecular flexibility index (Phi) is 4.18. The summed E-state index contributed by atoms with van der Waals surface area (Å²) in [5.41, 5.74) is 8.36. The van der Waals surface area contributed by atoms with E-state index in [2.05, 4.69) is 23.8 Å². The van der Waals surface area contributed by atoms with Crippen LogP contribution in [-0.4, -0.2) is 0 Å². The Morgan fingerprint density at radius 1 is 1.29 bits per heavy atom. The molecule has 0 aliphatic rings. The van der Waals surface area contributed by atoms with Crippen molar-refractivity contribution in [1.29, 1.82) is 0 Å². The van der Waals surface area contributed by atoms with Crippen LogP contribution in [0.2, 0.25) is 0 Å². The first-order chi connectivity index (χ1) is 8.31. The number of ether oxygens (including phenoxy) is 1. The van der Waals surface area contributed by atoms with Gasteiger partial charge >= 0.3 is 0 Å². The topological polar surface area (TPSA) is 35.2 Å². The maximum atomic E-state index is 6.07. The van der Waals surface area contributed by atoms with Crippen LogP contribution in [0.5, 0.6) is 5.75 Å². The number of thiophene rings is 1. The zero-order chi connectivity index (χ0) is 12.1. The SMILES string of the molecule is CC[C@@H](N)c1ccccc1OCc1ccsc1. The van der Waals surface area contributed by atoms with Crippen molar-refractivity contribution >= 4 is 11.3 Å². The van der Waals surface area contributed by atoms with E-state index in [0.717, 1.165) is 17.7 Å². The van der Waals surface area contributed by atoms with Crippen LogP contribution in [0, 0.1) is 0 Å². The van der Waals surface area contributed by atoms with Crippen LogP contribution in [-0.2, 0) is 6.61 Å². The first kappa shape index (κ1) is 12.1. The lowest BCUT2D eigenvalue weighted by atomic mass is 10.0. The molecule has 2 aromatic rings. The van der Waals surface area contributed by atoms with Crippen LogP contribution in [0.4, 0.5) is 0 Å². The van der Waals surface area contributed by atoms with Crippen molar-refractivity contribution in [2.24, 2.45) is 5.73 Å². The summed E-state index contributed by atoms with van der Waals surface area (Å²) >= 11 is 1.69. The Hall–Kier alpha value is -1.32. The Balaban J connectivity index is 2.09. The molecule has 17 heavy (non-hydrogen) atoms. The highest BCUT2D eigenvalue weighted by Crippen LogP contribution is 2.26. The van der Waals surface area contributed by atoms with Gasteiger partial charge in [0.05, 0.1) is 0 Å². The lowest BCUT2D eigenvalue weighted by Gasteiger charge is -2.15. The number of benzene rings is 1. The highest BCUT2D eigenvalue weighted by molar-refractivity contribution is 7.07. The molecule has 0 aliphatic heterocycles. The number of rotatable bonds is 5. The predicted octanol–water partition coefficient (Wildman–Crippen LogP) is 3.74. The van der Waals surface area contributed by atoms with Gasteiger partial charge in [-0.2, -0.15) is 11.3 Å². The molecule has 90 valence electrons. The van der Waals surface area contributed by atoms with Crippen molar-refractivity contribution in [1.82, 2.24) is 0 Å². The van der Waals surface area contributed by atoms with Crippen LogP contribution >= 0.6 is 11.3 Å². The molecule has 2 N–H and O–H groups in total.